The minimum Gasteiger partial charge on any atom is -0.492 e. The third-order valence-corrected chi connectivity index (χ3v) is 3.86. The molecule has 1 aliphatic rings. The Morgan fingerprint density at radius 1 is 1.33 bits per heavy atom. The SMILES string of the molecule is CCOc1ccccc1N1C[C@H](C(=O)NCC(=O)N(C)C)CC1=O. The maximum absolute atomic E-state index is 12.3. The van der Waals surface area contributed by atoms with E-state index in [1.165, 1.54) is 4.90 Å². The van der Waals surface area contributed by atoms with Gasteiger partial charge in [0.15, 0.2) is 0 Å². The second kappa shape index (κ2) is 7.81. The zero-order valence-corrected chi connectivity index (χ0v) is 14.2. The Balaban J connectivity index is 2.03. The van der Waals surface area contributed by atoms with Gasteiger partial charge < -0.3 is 19.9 Å². The van der Waals surface area contributed by atoms with Crippen LogP contribution < -0.4 is 15.0 Å². The lowest BCUT2D eigenvalue weighted by atomic mass is 10.1. The predicted octanol–water partition coefficient (Wildman–Crippen LogP) is 0.643. The highest BCUT2D eigenvalue weighted by Crippen LogP contribution is 2.33. The van der Waals surface area contributed by atoms with E-state index in [-0.39, 0.29) is 37.2 Å². The van der Waals surface area contributed by atoms with Gasteiger partial charge in [0.1, 0.15) is 5.75 Å². The van der Waals surface area contributed by atoms with Crippen molar-refractivity contribution >= 4 is 23.4 Å². The first-order valence-corrected chi connectivity index (χ1v) is 7.94. The van der Waals surface area contributed by atoms with Gasteiger partial charge in [0.05, 0.1) is 24.8 Å². The van der Waals surface area contributed by atoms with Gasteiger partial charge in [0.2, 0.25) is 17.7 Å². The smallest absolute Gasteiger partial charge is 0.241 e. The Morgan fingerprint density at radius 3 is 2.71 bits per heavy atom. The first-order chi connectivity index (χ1) is 11.4. The standard InChI is InChI=1S/C17H23N3O4/c1-4-24-14-8-6-5-7-13(14)20-11-12(9-15(20)21)17(23)18-10-16(22)19(2)3/h5-8,12H,4,9-11H2,1-3H3,(H,18,23)/t12-/m1/s1. The van der Waals surface area contributed by atoms with Crippen LogP contribution in [0.15, 0.2) is 24.3 Å². The molecule has 0 bridgehead atoms. The summed E-state index contributed by atoms with van der Waals surface area (Å²) in [5.41, 5.74) is 0.670. The molecule has 0 unspecified atom stereocenters. The van der Waals surface area contributed by atoms with E-state index in [0.29, 0.717) is 18.0 Å². The molecule has 2 rings (SSSR count). The summed E-state index contributed by atoms with van der Waals surface area (Å²) in [4.78, 5) is 39.0. The van der Waals surface area contributed by atoms with Gasteiger partial charge in [-0.25, -0.2) is 0 Å². The average Bonchev–Trinajstić information content (AvgIpc) is 2.94. The summed E-state index contributed by atoms with van der Waals surface area (Å²) >= 11 is 0. The monoisotopic (exact) mass is 333 g/mol. The number of carbonyl (C=O) groups is 3. The highest BCUT2D eigenvalue weighted by atomic mass is 16.5. The molecule has 1 atom stereocenters. The highest BCUT2D eigenvalue weighted by molar-refractivity contribution is 6.01. The van der Waals surface area contributed by atoms with Gasteiger partial charge in [0.25, 0.3) is 0 Å². The summed E-state index contributed by atoms with van der Waals surface area (Å²) in [7, 11) is 3.25. The van der Waals surface area contributed by atoms with E-state index in [1.54, 1.807) is 31.1 Å². The number of nitrogens with one attached hydrogen (secondary N) is 1. The quantitative estimate of drug-likeness (QED) is 0.829. The number of rotatable bonds is 6. The van der Waals surface area contributed by atoms with E-state index >= 15 is 0 Å². The fourth-order valence-corrected chi connectivity index (χ4v) is 2.54. The van der Waals surface area contributed by atoms with Crippen molar-refractivity contribution in [2.24, 2.45) is 5.92 Å². The largest absolute Gasteiger partial charge is 0.492 e. The molecule has 7 heteroatoms. The first-order valence-electron chi connectivity index (χ1n) is 7.94. The van der Waals surface area contributed by atoms with Gasteiger partial charge in [-0.2, -0.15) is 0 Å². The normalized spacial score (nSPS) is 16.9. The van der Waals surface area contributed by atoms with Crippen LogP contribution in [-0.2, 0) is 14.4 Å². The number of carbonyl (C=O) groups excluding carboxylic acids is 3. The van der Waals surface area contributed by atoms with Crippen molar-refractivity contribution in [2.75, 3.05) is 38.7 Å². The molecule has 0 aliphatic carbocycles. The minimum atomic E-state index is -0.470. The molecule has 7 nitrogen and oxygen atoms in total. The van der Waals surface area contributed by atoms with Crippen LogP contribution in [0.2, 0.25) is 0 Å². The molecule has 1 aromatic carbocycles. The summed E-state index contributed by atoms with van der Waals surface area (Å²) in [5.74, 6) is -0.443. The number of anilines is 1. The Kier molecular flexibility index (Phi) is 5.78. The number of benzene rings is 1. The Hall–Kier alpha value is -2.57. The van der Waals surface area contributed by atoms with Crippen LogP contribution in [0.25, 0.3) is 0 Å². The molecule has 24 heavy (non-hydrogen) atoms. The van der Waals surface area contributed by atoms with E-state index in [2.05, 4.69) is 5.32 Å². The minimum absolute atomic E-state index is 0.0634. The maximum Gasteiger partial charge on any atom is 0.241 e. The zero-order chi connectivity index (χ0) is 17.7. The summed E-state index contributed by atoms with van der Waals surface area (Å²) in [5, 5.41) is 2.60. The molecule has 1 saturated heterocycles. The van der Waals surface area contributed by atoms with E-state index in [9.17, 15) is 14.4 Å². The number of likely N-dealkylation sites (N-methyl/N-ethyl adjacent to an activating group) is 1. The fraction of sp³-hybridized carbons (Fsp3) is 0.471. The van der Waals surface area contributed by atoms with Crippen LogP contribution in [0.5, 0.6) is 5.75 Å². The second-order valence-corrected chi connectivity index (χ2v) is 5.81. The van der Waals surface area contributed by atoms with E-state index in [1.807, 2.05) is 19.1 Å². The molecule has 130 valence electrons. The zero-order valence-electron chi connectivity index (χ0n) is 14.2. The molecule has 1 N–H and O–H groups in total. The van der Waals surface area contributed by atoms with Crippen molar-refractivity contribution in [2.45, 2.75) is 13.3 Å². The van der Waals surface area contributed by atoms with Crippen molar-refractivity contribution in [3.8, 4) is 5.75 Å². The van der Waals surface area contributed by atoms with Crippen molar-refractivity contribution in [1.29, 1.82) is 0 Å². The van der Waals surface area contributed by atoms with Gasteiger partial charge >= 0.3 is 0 Å². The van der Waals surface area contributed by atoms with Crippen LogP contribution in [0.4, 0.5) is 5.69 Å². The first kappa shape index (κ1) is 17.8. The lowest BCUT2D eigenvalue weighted by Crippen LogP contribution is -2.39. The second-order valence-electron chi connectivity index (χ2n) is 5.81. The van der Waals surface area contributed by atoms with Gasteiger partial charge in [0, 0.05) is 27.1 Å². The van der Waals surface area contributed by atoms with Gasteiger partial charge in [-0.1, -0.05) is 12.1 Å². The topological polar surface area (TPSA) is 79.0 Å². The number of hydrogen-bond donors (Lipinski definition) is 1. The molecule has 0 spiro atoms. The summed E-state index contributed by atoms with van der Waals surface area (Å²) in [6.07, 6.45) is 0.127. The van der Waals surface area contributed by atoms with Crippen LogP contribution in [0, 0.1) is 5.92 Å². The van der Waals surface area contributed by atoms with Crippen LogP contribution in [-0.4, -0.2) is 56.4 Å². The third kappa shape index (κ3) is 4.04. The average molecular weight is 333 g/mol. The number of amides is 3. The van der Waals surface area contributed by atoms with Crippen LogP contribution in [0.1, 0.15) is 13.3 Å². The maximum atomic E-state index is 12.3. The van der Waals surface area contributed by atoms with Gasteiger partial charge in [-0.15, -0.1) is 0 Å². The van der Waals surface area contributed by atoms with Crippen molar-refractivity contribution in [3.05, 3.63) is 24.3 Å². The van der Waals surface area contributed by atoms with E-state index in [0.717, 1.165) is 0 Å². The Morgan fingerprint density at radius 2 is 2.04 bits per heavy atom. The fourth-order valence-electron chi connectivity index (χ4n) is 2.54. The summed E-state index contributed by atoms with van der Waals surface area (Å²) in [6, 6.07) is 7.27. The molecule has 0 aromatic heterocycles. The van der Waals surface area contributed by atoms with Crippen molar-refractivity contribution in [3.63, 3.8) is 0 Å². The molecule has 1 aromatic rings. The number of hydrogen-bond acceptors (Lipinski definition) is 4. The number of para-hydroxylation sites is 2. The third-order valence-electron chi connectivity index (χ3n) is 3.86. The lowest BCUT2D eigenvalue weighted by Gasteiger charge is -2.20. The van der Waals surface area contributed by atoms with Crippen LogP contribution in [0.3, 0.4) is 0 Å². The highest BCUT2D eigenvalue weighted by Gasteiger charge is 2.36. The summed E-state index contributed by atoms with van der Waals surface area (Å²) < 4.78 is 5.55. The molecule has 0 saturated carbocycles. The molecule has 0 radical (unpaired) electrons. The molecule has 1 fully saturated rings. The lowest BCUT2D eigenvalue weighted by molar-refractivity contribution is -0.132. The molecular formula is C17H23N3O4. The van der Waals surface area contributed by atoms with Crippen molar-refractivity contribution in [1.82, 2.24) is 10.2 Å². The summed E-state index contributed by atoms with van der Waals surface area (Å²) in [6.45, 7) is 2.59. The van der Waals surface area contributed by atoms with Gasteiger partial charge in [-0.05, 0) is 19.1 Å². The van der Waals surface area contributed by atoms with Crippen molar-refractivity contribution < 1.29 is 19.1 Å². The van der Waals surface area contributed by atoms with E-state index in [4.69, 9.17) is 4.74 Å². The number of nitrogens with zero attached hydrogens (tertiary/aromatic N) is 2. The Labute approximate surface area is 141 Å². The number of ether oxygens (including phenoxy) is 1. The molecule has 1 heterocycles. The predicted molar refractivity (Wildman–Crippen MR) is 89.8 cm³/mol. The molecule has 1 aliphatic heterocycles. The molecule has 3 amide bonds. The Bertz CT molecular complexity index is 630. The van der Waals surface area contributed by atoms with E-state index < -0.39 is 5.92 Å². The molecular weight excluding hydrogens is 310 g/mol. The van der Waals surface area contributed by atoms with Crippen LogP contribution >= 0.6 is 0 Å². The van der Waals surface area contributed by atoms with Gasteiger partial charge in [-0.3, -0.25) is 14.4 Å².